The number of thiophene rings is 1. The monoisotopic (exact) mass is 340 g/mol. The number of halogens is 2. The van der Waals surface area contributed by atoms with Gasteiger partial charge in [0.05, 0.1) is 23.5 Å². The first kappa shape index (κ1) is 12.2. The Morgan fingerprint density at radius 2 is 2.17 bits per heavy atom. The van der Waals surface area contributed by atoms with Crippen molar-refractivity contribution in [1.29, 1.82) is 0 Å². The highest BCUT2D eigenvalue weighted by atomic mass is 79.9. The number of imidazole rings is 1. The molecule has 0 amide bonds. The SMILES string of the molecule is ClCc1nc2ccccc2n1Cc1cc(Br)cs1. The van der Waals surface area contributed by atoms with E-state index in [1.807, 2.05) is 18.2 Å². The number of hydrogen-bond acceptors (Lipinski definition) is 2. The third-order valence-corrected chi connectivity index (χ3v) is 4.71. The van der Waals surface area contributed by atoms with Crippen LogP contribution in [0.3, 0.4) is 0 Å². The molecule has 0 aliphatic rings. The van der Waals surface area contributed by atoms with Gasteiger partial charge in [-0.3, -0.25) is 0 Å². The molecule has 0 saturated carbocycles. The Kier molecular flexibility index (Phi) is 3.41. The number of rotatable bonds is 3. The molecular formula is C13H10BrClN2S. The van der Waals surface area contributed by atoms with E-state index in [4.69, 9.17) is 11.6 Å². The number of benzene rings is 1. The lowest BCUT2D eigenvalue weighted by Gasteiger charge is -2.05. The lowest BCUT2D eigenvalue weighted by molar-refractivity contribution is 0.789. The molecule has 0 N–H and O–H groups in total. The maximum atomic E-state index is 5.99. The molecule has 3 rings (SSSR count). The Hall–Kier alpha value is -0.840. The molecule has 0 unspecified atom stereocenters. The summed E-state index contributed by atoms with van der Waals surface area (Å²) in [7, 11) is 0. The van der Waals surface area contributed by atoms with Crippen LogP contribution in [-0.4, -0.2) is 9.55 Å². The number of alkyl halides is 1. The summed E-state index contributed by atoms with van der Waals surface area (Å²) in [5.41, 5.74) is 2.14. The molecule has 5 heteroatoms. The summed E-state index contributed by atoms with van der Waals surface area (Å²) in [4.78, 5) is 5.85. The second-order valence-electron chi connectivity index (χ2n) is 3.97. The van der Waals surface area contributed by atoms with Crippen molar-refractivity contribution in [3.05, 3.63) is 50.9 Å². The Morgan fingerprint density at radius 1 is 1.33 bits per heavy atom. The van der Waals surface area contributed by atoms with Crippen LogP contribution in [0.25, 0.3) is 11.0 Å². The summed E-state index contributed by atoms with van der Waals surface area (Å²) in [5.74, 6) is 1.35. The minimum atomic E-state index is 0.432. The molecule has 0 bridgehead atoms. The molecule has 0 spiro atoms. The number of hydrogen-bond donors (Lipinski definition) is 0. The minimum absolute atomic E-state index is 0.432. The van der Waals surface area contributed by atoms with Gasteiger partial charge in [0.2, 0.25) is 0 Å². The quantitative estimate of drug-likeness (QED) is 0.634. The van der Waals surface area contributed by atoms with Crippen molar-refractivity contribution in [3.8, 4) is 0 Å². The molecule has 3 aromatic rings. The van der Waals surface area contributed by atoms with Gasteiger partial charge in [-0.15, -0.1) is 22.9 Å². The molecule has 1 aromatic carbocycles. The van der Waals surface area contributed by atoms with Gasteiger partial charge in [-0.05, 0) is 34.1 Å². The molecule has 0 saturated heterocycles. The van der Waals surface area contributed by atoms with E-state index in [0.29, 0.717) is 5.88 Å². The first-order valence-electron chi connectivity index (χ1n) is 5.51. The van der Waals surface area contributed by atoms with E-state index >= 15 is 0 Å². The van der Waals surface area contributed by atoms with E-state index in [2.05, 4.69) is 43.0 Å². The van der Waals surface area contributed by atoms with Gasteiger partial charge in [0, 0.05) is 14.7 Å². The van der Waals surface area contributed by atoms with Gasteiger partial charge >= 0.3 is 0 Å². The predicted octanol–water partition coefficient (Wildman–Crippen LogP) is 4.65. The van der Waals surface area contributed by atoms with Gasteiger partial charge in [0.1, 0.15) is 5.82 Å². The highest BCUT2D eigenvalue weighted by Crippen LogP contribution is 2.24. The van der Waals surface area contributed by atoms with E-state index in [0.717, 1.165) is 27.9 Å². The van der Waals surface area contributed by atoms with E-state index in [-0.39, 0.29) is 0 Å². The van der Waals surface area contributed by atoms with Gasteiger partial charge in [0.15, 0.2) is 0 Å². The molecule has 2 aromatic heterocycles. The van der Waals surface area contributed by atoms with Crippen LogP contribution in [0.1, 0.15) is 10.7 Å². The van der Waals surface area contributed by atoms with Gasteiger partial charge in [-0.1, -0.05) is 12.1 Å². The second kappa shape index (κ2) is 5.03. The fraction of sp³-hybridized carbons (Fsp3) is 0.154. The normalized spacial score (nSPS) is 11.2. The molecule has 18 heavy (non-hydrogen) atoms. The highest BCUT2D eigenvalue weighted by Gasteiger charge is 2.10. The van der Waals surface area contributed by atoms with Crippen molar-refractivity contribution in [3.63, 3.8) is 0 Å². The summed E-state index contributed by atoms with van der Waals surface area (Å²) in [5, 5.41) is 2.09. The van der Waals surface area contributed by atoms with Crippen molar-refractivity contribution >= 4 is 49.9 Å². The van der Waals surface area contributed by atoms with E-state index in [1.165, 1.54) is 4.88 Å². The van der Waals surface area contributed by atoms with Gasteiger partial charge in [0.25, 0.3) is 0 Å². The average Bonchev–Trinajstić information content (AvgIpc) is 2.94. The van der Waals surface area contributed by atoms with Crippen LogP contribution in [0.2, 0.25) is 0 Å². The number of aromatic nitrogens is 2. The third-order valence-electron chi connectivity index (χ3n) is 2.79. The van der Waals surface area contributed by atoms with E-state index < -0.39 is 0 Å². The topological polar surface area (TPSA) is 17.8 Å². The van der Waals surface area contributed by atoms with Crippen LogP contribution in [0.5, 0.6) is 0 Å². The summed E-state index contributed by atoms with van der Waals surface area (Å²) in [6.45, 7) is 0.818. The molecule has 2 nitrogen and oxygen atoms in total. The van der Waals surface area contributed by atoms with Crippen molar-refractivity contribution in [2.24, 2.45) is 0 Å². The Balaban J connectivity index is 2.09. The van der Waals surface area contributed by atoms with E-state index in [1.54, 1.807) is 11.3 Å². The summed E-state index contributed by atoms with van der Waals surface area (Å²) in [6, 6.07) is 10.3. The van der Waals surface area contributed by atoms with Crippen molar-refractivity contribution in [1.82, 2.24) is 9.55 Å². The van der Waals surface area contributed by atoms with Gasteiger partial charge in [-0.25, -0.2) is 4.98 Å². The van der Waals surface area contributed by atoms with Crippen LogP contribution in [0.15, 0.2) is 40.2 Å². The van der Waals surface area contributed by atoms with Gasteiger partial charge in [-0.2, -0.15) is 0 Å². The zero-order chi connectivity index (χ0) is 12.5. The Labute approximate surface area is 122 Å². The molecule has 92 valence electrons. The van der Waals surface area contributed by atoms with Crippen molar-refractivity contribution < 1.29 is 0 Å². The molecule has 2 heterocycles. The maximum absolute atomic E-state index is 5.99. The minimum Gasteiger partial charge on any atom is -0.322 e. The molecule has 0 aliphatic heterocycles. The molecule has 0 aliphatic carbocycles. The second-order valence-corrected chi connectivity index (χ2v) is 6.15. The van der Waals surface area contributed by atoms with Gasteiger partial charge < -0.3 is 4.57 Å². The number of fused-ring (bicyclic) bond motifs is 1. The number of nitrogens with zero attached hydrogens (tertiary/aromatic N) is 2. The zero-order valence-electron chi connectivity index (χ0n) is 9.44. The zero-order valence-corrected chi connectivity index (χ0v) is 12.6. The molecule has 0 fully saturated rings. The molecule has 0 atom stereocenters. The first-order valence-corrected chi connectivity index (χ1v) is 7.71. The van der Waals surface area contributed by atoms with Crippen molar-refractivity contribution in [2.75, 3.05) is 0 Å². The highest BCUT2D eigenvalue weighted by molar-refractivity contribution is 9.10. The Morgan fingerprint density at radius 3 is 2.89 bits per heavy atom. The largest absolute Gasteiger partial charge is 0.322 e. The Bertz CT molecular complexity index is 689. The standard InChI is InChI=1S/C13H10BrClN2S/c14-9-5-10(18-8-9)7-17-12-4-2-1-3-11(12)16-13(17)6-15/h1-5,8H,6-7H2. The third kappa shape index (κ3) is 2.20. The average molecular weight is 342 g/mol. The molecule has 0 radical (unpaired) electrons. The smallest absolute Gasteiger partial charge is 0.125 e. The van der Waals surface area contributed by atoms with Crippen LogP contribution >= 0.6 is 38.9 Å². The van der Waals surface area contributed by atoms with Crippen LogP contribution in [-0.2, 0) is 12.4 Å². The summed E-state index contributed by atoms with van der Waals surface area (Å²) >= 11 is 11.2. The summed E-state index contributed by atoms with van der Waals surface area (Å²) in [6.07, 6.45) is 0. The molecular weight excluding hydrogens is 332 g/mol. The predicted molar refractivity (Wildman–Crippen MR) is 80.4 cm³/mol. The van der Waals surface area contributed by atoms with E-state index in [9.17, 15) is 0 Å². The fourth-order valence-electron chi connectivity index (χ4n) is 2.00. The summed E-state index contributed by atoms with van der Waals surface area (Å²) < 4.78 is 3.31. The van der Waals surface area contributed by atoms with Crippen LogP contribution in [0, 0.1) is 0 Å². The lowest BCUT2D eigenvalue weighted by Crippen LogP contribution is -2.02. The van der Waals surface area contributed by atoms with Crippen molar-refractivity contribution in [2.45, 2.75) is 12.4 Å². The number of para-hydroxylation sites is 2. The fourth-order valence-corrected chi connectivity index (χ4v) is 3.64. The first-order chi connectivity index (χ1) is 8.78. The maximum Gasteiger partial charge on any atom is 0.125 e. The lowest BCUT2D eigenvalue weighted by atomic mass is 10.3. The van der Waals surface area contributed by atoms with Crippen LogP contribution < -0.4 is 0 Å². The van der Waals surface area contributed by atoms with Crippen LogP contribution in [0.4, 0.5) is 0 Å².